The van der Waals surface area contributed by atoms with E-state index in [1.54, 1.807) is 7.11 Å². The number of aliphatic hydroxyl groups is 1. The highest BCUT2D eigenvalue weighted by Crippen LogP contribution is 2.27. The number of rotatable bonds is 5. The summed E-state index contributed by atoms with van der Waals surface area (Å²) in [6, 6.07) is 8.00. The van der Waals surface area contributed by atoms with Crippen LogP contribution in [0.3, 0.4) is 0 Å². The topological polar surface area (TPSA) is 111 Å². The Morgan fingerprint density at radius 3 is 2.92 bits per heavy atom. The van der Waals surface area contributed by atoms with Crippen LogP contribution in [-0.4, -0.2) is 44.1 Å². The fourth-order valence-electron chi connectivity index (χ4n) is 3.45. The Balaban J connectivity index is 1.65. The number of para-hydroxylation sites is 1. The third-order valence-corrected chi connectivity index (χ3v) is 4.70. The molecule has 1 aliphatic rings. The molecule has 26 heavy (non-hydrogen) atoms. The first-order valence-corrected chi connectivity index (χ1v) is 8.69. The van der Waals surface area contributed by atoms with Crippen molar-refractivity contribution in [2.45, 2.75) is 38.0 Å². The fraction of sp³-hybridized carbons (Fsp3) is 0.389. The molecule has 0 radical (unpaired) electrons. The number of anilines is 2. The average molecular weight is 354 g/mol. The van der Waals surface area contributed by atoms with E-state index in [0.717, 1.165) is 24.2 Å². The number of aromatic nitrogens is 4. The molecule has 8 heteroatoms. The molecule has 1 aromatic carbocycles. The fourth-order valence-corrected chi connectivity index (χ4v) is 3.45. The van der Waals surface area contributed by atoms with Gasteiger partial charge in [0.1, 0.15) is 11.3 Å². The van der Waals surface area contributed by atoms with Crippen molar-refractivity contribution < 1.29 is 9.84 Å². The van der Waals surface area contributed by atoms with Gasteiger partial charge in [-0.2, -0.15) is 10.1 Å². The van der Waals surface area contributed by atoms with Crippen LogP contribution in [0.4, 0.5) is 11.8 Å². The van der Waals surface area contributed by atoms with Crippen molar-refractivity contribution in [1.29, 1.82) is 0 Å². The summed E-state index contributed by atoms with van der Waals surface area (Å²) in [6.45, 7) is 0.557. The maximum atomic E-state index is 9.73. The molecule has 1 fully saturated rings. The summed E-state index contributed by atoms with van der Waals surface area (Å²) in [5, 5.41) is 17.7. The molecule has 0 spiro atoms. The van der Waals surface area contributed by atoms with E-state index < -0.39 is 0 Å². The van der Waals surface area contributed by atoms with E-state index in [-0.39, 0.29) is 18.1 Å². The van der Waals surface area contributed by atoms with Crippen LogP contribution in [-0.2, 0) is 6.54 Å². The predicted molar refractivity (Wildman–Crippen MR) is 99.1 cm³/mol. The van der Waals surface area contributed by atoms with Crippen molar-refractivity contribution in [1.82, 2.24) is 19.7 Å². The second-order valence-electron chi connectivity index (χ2n) is 6.61. The molecule has 0 amide bonds. The van der Waals surface area contributed by atoms with Crippen LogP contribution < -0.4 is 15.8 Å². The first kappa shape index (κ1) is 16.6. The summed E-state index contributed by atoms with van der Waals surface area (Å²) in [7, 11) is 1.66. The minimum atomic E-state index is -0.259. The molecule has 3 aromatic rings. The van der Waals surface area contributed by atoms with E-state index in [1.165, 1.54) is 0 Å². The van der Waals surface area contributed by atoms with Gasteiger partial charge in [0.05, 0.1) is 26.0 Å². The zero-order valence-electron chi connectivity index (χ0n) is 14.6. The Morgan fingerprint density at radius 1 is 1.31 bits per heavy atom. The Labute approximate surface area is 151 Å². The molecule has 8 nitrogen and oxygen atoms in total. The minimum absolute atomic E-state index is 0.168. The Morgan fingerprint density at radius 2 is 2.15 bits per heavy atom. The number of ether oxygens (including phenoxy) is 1. The minimum Gasteiger partial charge on any atom is -0.496 e. The highest BCUT2D eigenvalue weighted by atomic mass is 16.5. The van der Waals surface area contributed by atoms with E-state index in [9.17, 15) is 5.11 Å². The van der Waals surface area contributed by atoms with Gasteiger partial charge in [-0.15, -0.1) is 0 Å². The van der Waals surface area contributed by atoms with Gasteiger partial charge in [-0.25, -0.2) is 4.98 Å². The predicted octanol–water partition coefficient (Wildman–Crippen LogP) is 1.79. The molecular weight excluding hydrogens is 332 g/mol. The van der Waals surface area contributed by atoms with Gasteiger partial charge in [0.15, 0.2) is 11.3 Å². The second-order valence-corrected chi connectivity index (χ2v) is 6.61. The smallest absolute Gasteiger partial charge is 0.222 e. The van der Waals surface area contributed by atoms with Gasteiger partial charge in [0, 0.05) is 11.6 Å². The van der Waals surface area contributed by atoms with Crippen LogP contribution in [0.5, 0.6) is 5.75 Å². The van der Waals surface area contributed by atoms with Crippen LogP contribution in [0.1, 0.15) is 24.8 Å². The Bertz CT molecular complexity index is 925. The zero-order chi connectivity index (χ0) is 18.1. The molecule has 1 saturated carbocycles. The third-order valence-electron chi connectivity index (χ3n) is 4.70. The lowest BCUT2D eigenvalue weighted by Crippen LogP contribution is -2.18. The van der Waals surface area contributed by atoms with Crippen molar-refractivity contribution in [2.75, 3.05) is 18.2 Å². The molecule has 2 unspecified atom stereocenters. The number of nitrogens with zero attached hydrogens (tertiary/aromatic N) is 4. The average Bonchev–Trinajstić information content (AvgIpc) is 3.21. The molecule has 0 bridgehead atoms. The monoisotopic (exact) mass is 354 g/mol. The van der Waals surface area contributed by atoms with Crippen LogP contribution in [0.25, 0.3) is 11.0 Å². The van der Waals surface area contributed by atoms with Crippen molar-refractivity contribution in [3.05, 3.63) is 36.0 Å². The van der Waals surface area contributed by atoms with Crippen molar-refractivity contribution in [3.8, 4) is 5.75 Å². The lowest BCUT2D eigenvalue weighted by atomic mass is 10.2. The number of nitrogen functional groups attached to an aromatic ring is 1. The van der Waals surface area contributed by atoms with Gasteiger partial charge >= 0.3 is 0 Å². The summed E-state index contributed by atoms with van der Waals surface area (Å²) < 4.78 is 7.22. The lowest BCUT2D eigenvalue weighted by molar-refractivity contribution is 0.182. The number of methoxy groups -OCH3 is 1. The van der Waals surface area contributed by atoms with Gasteiger partial charge in [0.2, 0.25) is 5.95 Å². The van der Waals surface area contributed by atoms with Crippen LogP contribution in [0.15, 0.2) is 30.5 Å². The number of fused-ring (bicyclic) bond motifs is 1. The zero-order valence-corrected chi connectivity index (χ0v) is 14.6. The third kappa shape index (κ3) is 3.28. The maximum absolute atomic E-state index is 9.73. The van der Waals surface area contributed by atoms with Crippen molar-refractivity contribution in [3.63, 3.8) is 0 Å². The van der Waals surface area contributed by atoms with E-state index in [4.69, 9.17) is 10.5 Å². The van der Waals surface area contributed by atoms with Crippen molar-refractivity contribution >= 4 is 22.8 Å². The van der Waals surface area contributed by atoms with Gasteiger partial charge in [0.25, 0.3) is 0 Å². The molecule has 2 aromatic heterocycles. The Kier molecular flexibility index (Phi) is 4.34. The lowest BCUT2D eigenvalue weighted by Gasteiger charge is -2.13. The molecule has 136 valence electrons. The first-order valence-electron chi connectivity index (χ1n) is 8.69. The van der Waals surface area contributed by atoms with E-state index in [2.05, 4.69) is 20.4 Å². The quantitative estimate of drug-likeness (QED) is 0.640. The van der Waals surface area contributed by atoms with Crippen molar-refractivity contribution in [2.24, 2.45) is 0 Å². The normalized spacial score (nSPS) is 19.8. The molecule has 0 saturated heterocycles. The van der Waals surface area contributed by atoms with E-state index >= 15 is 0 Å². The summed E-state index contributed by atoms with van der Waals surface area (Å²) in [6.07, 6.45) is 3.99. The second kappa shape index (κ2) is 6.80. The Hall–Kier alpha value is -2.87. The molecular formula is C18H22N6O2. The molecule has 2 heterocycles. The SMILES string of the molecule is COc1ccccc1Cn1cc2nc(N)nc(NC3CCC(O)C3)c2n1. The largest absolute Gasteiger partial charge is 0.496 e. The number of benzene rings is 1. The molecule has 4 rings (SSSR count). The molecule has 1 aliphatic carbocycles. The highest BCUT2D eigenvalue weighted by molar-refractivity contribution is 5.86. The number of hydrogen-bond acceptors (Lipinski definition) is 7. The van der Waals surface area contributed by atoms with Gasteiger partial charge in [-0.1, -0.05) is 18.2 Å². The summed E-state index contributed by atoms with van der Waals surface area (Å²) in [4.78, 5) is 8.61. The van der Waals surface area contributed by atoms with Crippen LogP contribution in [0.2, 0.25) is 0 Å². The van der Waals surface area contributed by atoms with Gasteiger partial charge in [-0.05, 0) is 25.3 Å². The van der Waals surface area contributed by atoms with E-state index in [0.29, 0.717) is 29.8 Å². The van der Waals surface area contributed by atoms with Gasteiger partial charge in [-0.3, -0.25) is 4.68 Å². The maximum Gasteiger partial charge on any atom is 0.222 e. The molecule has 4 N–H and O–H groups in total. The van der Waals surface area contributed by atoms with E-state index in [1.807, 2.05) is 35.1 Å². The summed E-state index contributed by atoms with van der Waals surface area (Å²) >= 11 is 0. The van der Waals surface area contributed by atoms with Crippen LogP contribution >= 0.6 is 0 Å². The summed E-state index contributed by atoms with van der Waals surface area (Å²) in [5.41, 5.74) is 8.25. The summed E-state index contributed by atoms with van der Waals surface area (Å²) in [5.74, 6) is 1.64. The number of hydrogen-bond donors (Lipinski definition) is 3. The standard InChI is InChI=1S/C18H22N6O2/c1-26-15-5-3-2-4-11(15)9-24-10-14-16(23-24)17(22-18(19)21-14)20-12-6-7-13(25)8-12/h2-5,10,12-13,25H,6-9H2,1H3,(H3,19,20,21,22). The molecule has 0 aliphatic heterocycles. The number of aliphatic hydroxyl groups excluding tert-OH is 1. The molecule has 2 atom stereocenters. The first-order chi connectivity index (χ1) is 12.6. The van der Waals surface area contributed by atoms with Crippen LogP contribution in [0, 0.1) is 0 Å². The number of nitrogens with two attached hydrogens (primary N) is 1. The highest BCUT2D eigenvalue weighted by Gasteiger charge is 2.24. The van der Waals surface area contributed by atoms with Gasteiger partial charge < -0.3 is 20.9 Å². The number of nitrogens with one attached hydrogen (secondary N) is 1.